The predicted octanol–water partition coefficient (Wildman–Crippen LogP) is 1.68. The van der Waals surface area contributed by atoms with Gasteiger partial charge in [-0.25, -0.2) is 14.8 Å². The standard InChI is InChI=1S/C14H17N5O2/c20-13(21)19-7-4-14(19)3-1-6-18(8-14)12-10-2-5-15-11(10)16-9-17-12/h2,5,9H,1,3-4,6-8H2,(H,20,21)(H,15,16,17). The number of hydrogen-bond donors (Lipinski definition) is 2. The molecule has 2 fully saturated rings. The number of anilines is 1. The van der Waals surface area contributed by atoms with E-state index in [-0.39, 0.29) is 5.54 Å². The summed E-state index contributed by atoms with van der Waals surface area (Å²) >= 11 is 0. The van der Waals surface area contributed by atoms with Crippen LogP contribution in [0, 0.1) is 0 Å². The molecule has 2 aliphatic heterocycles. The highest BCUT2D eigenvalue weighted by molar-refractivity contribution is 5.87. The molecule has 0 radical (unpaired) electrons. The smallest absolute Gasteiger partial charge is 0.407 e. The van der Waals surface area contributed by atoms with Gasteiger partial charge in [-0.2, -0.15) is 0 Å². The molecule has 0 saturated carbocycles. The molecule has 21 heavy (non-hydrogen) atoms. The predicted molar refractivity (Wildman–Crippen MR) is 77.4 cm³/mol. The van der Waals surface area contributed by atoms with E-state index in [0.717, 1.165) is 49.2 Å². The second kappa shape index (κ2) is 4.34. The third kappa shape index (κ3) is 1.76. The summed E-state index contributed by atoms with van der Waals surface area (Å²) in [5.74, 6) is 0.901. The zero-order valence-corrected chi connectivity index (χ0v) is 11.6. The number of hydrogen-bond acceptors (Lipinski definition) is 4. The normalized spacial score (nSPS) is 25.3. The average molecular weight is 287 g/mol. The van der Waals surface area contributed by atoms with E-state index in [1.807, 2.05) is 12.3 Å². The van der Waals surface area contributed by atoms with Gasteiger partial charge < -0.3 is 19.9 Å². The second-order valence-corrected chi connectivity index (χ2v) is 5.87. The van der Waals surface area contributed by atoms with Crippen LogP contribution in [0.15, 0.2) is 18.6 Å². The molecular formula is C14H17N5O2. The molecule has 2 N–H and O–H groups in total. The molecule has 2 saturated heterocycles. The fourth-order valence-electron chi connectivity index (χ4n) is 3.67. The molecule has 0 aliphatic carbocycles. The van der Waals surface area contributed by atoms with E-state index in [1.54, 1.807) is 11.2 Å². The molecule has 7 nitrogen and oxygen atoms in total. The summed E-state index contributed by atoms with van der Waals surface area (Å²) < 4.78 is 0. The Morgan fingerprint density at radius 3 is 3.00 bits per heavy atom. The molecule has 110 valence electrons. The maximum absolute atomic E-state index is 11.3. The Bertz CT molecular complexity index is 699. The van der Waals surface area contributed by atoms with E-state index in [2.05, 4.69) is 19.9 Å². The van der Waals surface area contributed by atoms with Gasteiger partial charge in [0, 0.05) is 25.8 Å². The molecule has 1 unspecified atom stereocenters. The lowest BCUT2D eigenvalue weighted by Gasteiger charge is -2.55. The van der Waals surface area contributed by atoms with Crippen LogP contribution in [0.4, 0.5) is 10.6 Å². The molecule has 1 amide bonds. The Balaban J connectivity index is 1.67. The maximum Gasteiger partial charge on any atom is 0.407 e. The first kappa shape index (κ1) is 12.4. The zero-order valence-electron chi connectivity index (χ0n) is 11.6. The Morgan fingerprint density at radius 1 is 1.33 bits per heavy atom. The number of amides is 1. The van der Waals surface area contributed by atoms with Crippen molar-refractivity contribution in [2.45, 2.75) is 24.8 Å². The number of rotatable bonds is 1. The van der Waals surface area contributed by atoms with E-state index in [4.69, 9.17) is 0 Å². The van der Waals surface area contributed by atoms with Crippen molar-refractivity contribution in [2.24, 2.45) is 0 Å². The minimum absolute atomic E-state index is 0.225. The number of likely N-dealkylation sites (tertiary alicyclic amines) is 1. The van der Waals surface area contributed by atoms with Crippen LogP contribution in [0.1, 0.15) is 19.3 Å². The lowest BCUT2D eigenvalue weighted by Crippen LogP contribution is -2.68. The lowest BCUT2D eigenvalue weighted by molar-refractivity contribution is -0.00901. The first-order chi connectivity index (χ1) is 10.2. The summed E-state index contributed by atoms with van der Waals surface area (Å²) in [6.07, 6.45) is 5.48. The van der Waals surface area contributed by atoms with E-state index in [0.29, 0.717) is 6.54 Å². The third-order valence-corrected chi connectivity index (χ3v) is 4.79. The molecule has 1 spiro atoms. The van der Waals surface area contributed by atoms with Crippen LogP contribution in [-0.4, -0.2) is 56.2 Å². The number of aromatic amines is 1. The molecule has 1 atom stereocenters. The van der Waals surface area contributed by atoms with Gasteiger partial charge in [0.2, 0.25) is 0 Å². The van der Waals surface area contributed by atoms with Gasteiger partial charge in [0.05, 0.1) is 10.9 Å². The summed E-state index contributed by atoms with van der Waals surface area (Å²) in [5, 5.41) is 10.3. The number of nitrogens with zero attached hydrogens (tertiary/aromatic N) is 4. The Labute approximate surface area is 121 Å². The van der Waals surface area contributed by atoms with Gasteiger partial charge in [0.25, 0.3) is 0 Å². The summed E-state index contributed by atoms with van der Waals surface area (Å²) in [6, 6.07) is 1.97. The van der Waals surface area contributed by atoms with Gasteiger partial charge in [0.15, 0.2) is 0 Å². The maximum atomic E-state index is 11.3. The number of carboxylic acid groups (broad SMARTS) is 1. The molecule has 2 aliphatic rings. The first-order valence-electron chi connectivity index (χ1n) is 7.23. The minimum atomic E-state index is -0.808. The highest BCUT2D eigenvalue weighted by Crippen LogP contribution is 2.40. The summed E-state index contributed by atoms with van der Waals surface area (Å²) in [4.78, 5) is 26.9. The van der Waals surface area contributed by atoms with Crippen molar-refractivity contribution in [1.82, 2.24) is 19.9 Å². The van der Waals surface area contributed by atoms with Crippen LogP contribution in [-0.2, 0) is 0 Å². The fraction of sp³-hybridized carbons (Fsp3) is 0.500. The average Bonchev–Trinajstić information content (AvgIpc) is 2.94. The van der Waals surface area contributed by atoms with Gasteiger partial charge in [-0.1, -0.05) is 0 Å². The molecule has 0 aromatic carbocycles. The number of H-pyrrole nitrogens is 1. The largest absolute Gasteiger partial charge is 0.465 e. The lowest BCUT2D eigenvalue weighted by atomic mass is 9.78. The second-order valence-electron chi connectivity index (χ2n) is 5.87. The summed E-state index contributed by atoms with van der Waals surface area (Å²) in [7, 11) is 0. The van der Waals surface area contributed by atoms with Gasteiger partial charge in [-0.05, 0) is 25.3 Å². The number of aromatic nitrogens is 3. The van der Waals surface area contributed by atoms with Crippen molar-refractivity contribution in [1.29, 1.82) is 0 Å². The molecular weight excluding hydrogens is 270 g/mol. The van der Waals surface area contributed by atoms with E-state index >= 15 is 0 Å². The SMILES string of the molecule is O=C(O)N1CCC12CCCN(c1ncnc3[nH]ccc13)C2. The molecule has 2 aromatic rings. The highest BCUT2D eigenvalue weighted by Gasteiger charge is 2.50. The Morgan fingerprint density at radius 2 is 2.24 bits per heavy atom. The van der Waals surface area contributed by atoms with E-state index in [9.17, 15) is 9.90 Å². The number of carbonyl (C=O) groups is 1. The Kier molecular flexibility index (Phi) is 2.57. The van der Waals surface area contributed by atoms with E-state index < -0.39 is 6.09 Å². The van der Waals surface area contributed by atoms with Crippen molar-refractivity contribution in [3.63, 3.8) is 0 Å². The number of piperidine rings is 1. The topological polar surface area (TPSA) is 85.3 Å². The van der Waals surface area contributed by atoms with Crippen LogP contribution in [0.5, 0.6) is 0 Å². The monoisotopic (exact) mass is 287 g/mol. The molecule has 7 heteroatoms. The van der Waals surface area contributed by atoms with Crippen molar-refractivity contribution in [3.8, 4) is 0 Å². The van der Waals surface area contributed by atoms with Gasteiger partial charge >= 0.3 is 6.09 Å². The quantitative estimate of drug-likeness (QED) is 0.833. The molecule has 4 rings (SSSR count). The van der Waals surface area contributed by atoms with Crippen LogP contribution in [0.25, 0.3) is 11.0 Å². The minimum Gasteiger partial charge on any atom is -0.465 e. The van der Waals surface area contributed by atoms with Crippen molar-refractivity contribution >= 4 is 22.9 Å². The van der Waals surface area contributed by atoms with Crippen LogP contribution in [0.3, 0.4) is 0 Å². The Hall–Kier alpha value is -2.31. The summed E-state index contributed by atoms with van der Waals surface area (Å²) in [5.41, 5.74) is 0.598. The molecule has 0 bridgehead atoms. The van der Waals surface area contributed by atoms with Gasteiger partial charge in [0.1, 0.15) is 17.8 Å². The zero-order chi connectivity index (χ0) is 14.4. The highest BCUT2D eigenvalue weighted by atomic mass is 16.4. The van der Waals surface area contributed by atoms with Gasteiger partial charge in [-0.3, -0.25) is 0 Å². The fourth-order valence-corrected chi connectivity index (χ4v) is 3.67. The van der Waals surface area contributed by atoms with Crippen molar-refractivity contribution < 1.29 is 9.90 Å². The van der Waals surface area contributed by atoms with Crippen LogP contribution >= 0.6 is 0 Å². The number of nitrogens with one attached hydrogen (secondary N) is 1. The van der Waals surface area contributed by atoms with Crippen LogP contribution in [0.2, 0.25) is 0 Å². The van der Waals surface area contributed by atoms with Crippen molar-refractivity contribution in [2.75, 3.05) is 24.5 Å². The molecule has 2 aromatic heterocycles. The van der Waals surface area contributed by atoms with Crippen molar-refractivity contribution in [3.05, 3.63) is 18.6 Å². The van der Waals surface area contributed by atoms with E-state index in [1.165, 1.54) is 0 Å². The summed E-state index contributed by atoms with van der Waals surface area (Å²) in [6.45, 7) is 2.27. The molecule has 4 heterocycles. The first-order valence-corrected chi connectivity index (χ1v) is 7.23. The number of fused-ring (bicyclic) bond motifs is 1. The van der Waals surface area contributed by atoms with Gasteiger partial charge in [-0.15, -0.1) is 0 Å². The van der Waals surface area contributed by atoms with Crippen LogP contribution < -0.4 is 4.90 Å². The third-order valence-electron chi connectivity index (χ3n) is 4.79.